The molecule has 0 heterocycles. The minimum atomic E-state index is 0.754. The maximum atomic E-state index is 5.84. The van der Waals surface area contributed by atoms with Gasteiger partial charge in [0.05, 0.1) is 0 Å². The van der Waals surface area contributed by atoms with Gasteiger partial charge in [-0.3, -0.25) is 0 Å². The number of rotatable bonds is 4. The van der Waals surface area contributed by atoms with Gasteiger partial charge in [0.25, 0.3) is 0 Å². The minimum Gasteiger partial charge on any atom is -0.330 e. The summed E-state index contributed by atoms with van der Waals surface area (Å²) < 4.78 is 0. The molecule has 0 aromatic heterocycles. The van der Waals surface area contributed by atoms with Crippen LogP contribution in [-0.2, 0) is 0 Å². The third-order valence-electron chi connectivity index (χ3n) is 3.36. The largest absolute Gasteiger partial charge is 0.330 e. The second-order valence-corrected chi connectivity index (χ2v) is 6.63. The Balaban J connectivity index is 2.47. The third-order valence-corrected chi connectivity index (χ3v) is 4.84. The Labute approximate surface area is 93.2 Å². The lowest BCUT2D eigenvalue weighted by molar-refractivity contribution is 0.283. The first-order valence-corrected chi connectivity index (χ1v) is 6.97. The molecule has 2 N–H and O–H groups in total. The van der Waals surface area contributed by atoms with Crippen LogP contribution in [0.3, 0.4) is 0 Å². The second-order valence-electron chi connectivity index (χ2n) is 4.81. The molecule has 14 heavy (non-hydrogen) atoms. The van der Waals surface area contributed by atoms with E-state index in [-0.39, 0.29) is 0 Å². The van der Waals surface area contributed by atoms with E-state index in [1.54, 1.807) is 0 Å². The van der Waals surface area contributed by atoms with Crippen LogP contribution >= 0.6 is 11.8 Å². The van der Waals surface area contributed by atoms with Crippen LogP contribution in [0, 0.1) is 11.8 Å². The van der Waals surface area contributed by atoms with Crippen molar-refractivity contribution >= 4 is 11.8 Å². The van der Waals surface area contributed by atoms with Crippen molar-refractivity contribution in [3.63, 3.8) is 0 Å². The van der Waals surface area contributed by atoms with Crippen LogP contribution in [-0.4, -0.2) is 17.0 Å². The first-order chi connectivity index (χ1) is 6.67. The lowest BCUT2D eigenvalue weighted by Gasteiger charge is -2.35. The highest BCUT2D eigenvalue weighted by Gasteiger charge is 2.29. The first-order valence-electron chi connectivity index (χ1n) is 6.02. The summed E-state index contributed by atoms with van der Waals surface area (Å²) in [6, 6.07) is 0. The zero-order valence-electron chi connectivity index (χ0n) is 9.83. The normalized spacial score (nSPS) is 33.6. The third kappa shape index (κ3) is 3.47. The molecule has 3 unspecified atom stereocenters. The van der Waals surface area contributed by atoms with Crippen LogP contribution < -0.4 is 5.73 Å². The fourth-order valence-corrected chi connectivity index (χ4v) is 3.98. The molecule has 84 valence electrons. The van der Waals surface area contributed by atoms with Crippen molar-refractivity contribution in [3.8, 4) is 0 Å². The van der Waals surface area contributed by atoms with Crippen molar-refractivity contribution in [1.29, 1.82) is 0 Å². The molecule has 1 aliphatic carbocycles. The Morgan fingerprint density at radius 1 is 1.36 bits per heavy atom. The van der Waals surface area contributed by atoms with Gasteiger partial charge in [-0.05, 0) is 36.5 Å². The zero-order chi connectivity index (χ0) is 10.6. The van der Waals surface area contributed by atoms with Gasteiger partial charge in [0, 0.05) is 5.25 Å². The van der Waals surface area contributed by atoms with Gasteiger partial charge in [0.15, 0.2) is 0 Å². The van der Waals surface area contributed by atoms with Gasteiger partial charge in [-0.15, -0.1) is 0 Å². The average molecular weight is 215 g/mol. The molecule has 0 amide bonds. The van der Waals surface area contributed by atoms with Crippen molar-refractivity contribution in [2.24, 2.45) is 17.6 Å². The minimum absolute atomic E-state index is 0.754. The zero-order valence-corrected chi connectivity index (χ0v) is 10.6. The summed E-state index contributed by atoms with van der Waals surface area (Å²) in [6.45, 7) is 7.81. The maximum absolute atomic E-state index is 5.84. The second kappa shape index (κ2) is 6.02. The summed E-state index contributed by atoms with van der Waals surface area (Å²) in [6.07, 6.45) is 5.53. The molecule has 0 bridgehead atoms. The Bertz CT molecular complexity index is 158. The van der Waals surface area contributed by atoms with Gasteiger partial charge in [-0.1, -0.05) is 33.6 Å². The Morgan fingerprint density at radius 2 is 2.07 bits per heavy atom. The molecule has 0 aromatic rings. The van der Waals surface area contributed by atoms with Crippen LogP contribution in [0.4, 0.5) is 0 Å². The predicted molar refractivity (Wildman–Crippen MR) is 66.7 cm³/mol. The van der Waals surface area contributed by atoms with E-state index in [4.69, 9.17) is 5.73 Å². The molecule has 1 rings (SSSR count). The predicted octanol–water partition coefficient (Wildman–Crippen LogP) is 3.28. The lowest BCUT2D eigenvalue weighted by atomic mass is 9.80. The van der Waals surface area contributed by atoms with Gasteiger partial charge in [0.2, 0.25) is 0 Å². The Kier molecular flexibility index (Phi) is 5.32. The fourth-order valence-electron chi connectivity index (χ4n) is 2.43. The molecule has 1 aliphatic rings. The summed E-state index contributed by atoms with van der Waals surface area (Å²) >= 11 is 2.15. The molecular weight excluding hydrogens is 190 g/mol. The van der Waals surface area contributed by atoms with Crippen molar-refractivity contribution in [2.75, 3.05) is 6.54 Å². The highest BCUT2D eigenvalue weighted by molar-refractivity contribution is 8.00. The highest BCUT2D eigenvalue weighted by Crippen LogP contribution is 2.38. The summed E-state index contributed by atoms with van der Waals surface area (Å²) in [5.74, 6) is 1.75. The monoisotopic (exact) mass is 215 g/mol. The van der Waals surface area contributed by atoms with E-state index >= 15 is 0 Å². The van der Waals surface area contributed by atoms with Gasteiger partial charge in [0.1, 0.15) is 0 Å². The SMILES string of the molecule is CCC1CCC(CN)C(SC(C)C)C1. The van der Waals surface area contributed by atoms with E-state index in [2.05, 4.69) is 32.5 Å². The average Bonchev–Trinajstić information content (AvgIpc) is 2.16. The fraction of sp³-hybridized carbons (Fsp3) is 1.00. The van der Waals surface area contributed by atoms with E-state index < -0.39 is 0 Å². The van der Waals surface area contributed by atoms with E-state index in [1.165, 1.54) is 25.7 Å². The van der Waals surface area contributed by atoms with E-state index in [0.29, 0.717) is 0 Å². The summed E-state index contributed by atoms with van der Waals surface area (Å²) in [5.41, 5.74) is 5.84. The quantitative estimate of drug-likeness (QED) is 0.779. The van der Waals surface area contributed by atoms with Crippen LogP contribution in [0.25, 0.3) is 0 Å². The smallest absolute Gasteiger partial charge is 0.00925 e. The number of hydrogen-bond donors (Lipinski definition) is 1. The van der Waals surface area contributed by atoms with Gasteiger partial charge < -0.3 is 5.73 Å². The van der Waals surface area contributed by atoms with Crippen LogP contribution in [0.5, 0.6) is 0 Å². The summed E-state index contributed by atoms with van der Waals surface area (Å²) in [5, 5.41) is 1.59. The lowest BCUT2D eigenvalue weighted by Crippen LogP contribution is -2.33. The maximum Gasteiger partial charge on any atom is 0.00925 e. The van der Waals surface area contributed by atoms with Crippen molar-refractivity contribution in [1.82, 2.24) is 0 Å². The van der Waals surface area contributed by atoms with Crippen LogP contribution in [0.2, 0.25) is 0 Å². The van der Waals surface area contributed by atoms with E-state index in [9.17, 15) is 0 Å². The molecule has 0 aromatic carbocycles. The molecular formula is C12H25NS. The molecule has 1 fully saturated rings. The standard InChI is InChI=1S/C12H25NS/c1-4-10-5-6-11(8-13)12(7-10)14-9(2)3/h9-12H,4-8,13H2,1-3H3. The van der Waals surface area contributed by atoms with Crippen LogP contribution in [0.1, 0.15) is 46.5 Å². The van der Waals surface area contributed by atoms with Crippen LogP contribution in [0.15, 0.2) is 0 Å². The number of thioether (sulfide) groups is 1. The molecule has 2 heteroatoms. The van der Waals surface area contributed by atoms with Crippen molar-refractivity contribution in [2.45, 2.75) is 57.0 Å². The first kappa shape index (κ1) is 12.4. The van der Waals surface area contributed by atoms with Gasteiger partial charge in [-0.2, -0.15) is 11.8 Å². The molecule has 0 radical (unpaired) electrons. The Morgan fingerprint density at radius 3 is 2.57 bits per heavy atom. The Hall–Kier alpha value is 0.310. The van der Waals surface area contributed by atoms with E-state index in [1.807, 2.05) is 0 Å². The van der Waals surface area contributed by atoms with Gasteiger partial charge >= 0.3 is 0 Å². The van der Waals surface area contributed by atoms with E-state index in [0.717, 1.165) is 28.9 Å². The molecule has 1 nitrogen and oxygen atoms in total. The molecule has 0 spiro atoms. The molecule has 0 saturated heterocycles. The topological polar surface area (TPSA) is 26.0 Å². The number of hydrogen-bond acceptors (Lipinski definition) is 2. The van der Waals surface area contributed by atoms with Crippen molar-refractivity contribution in [3.05, 3.63) is 0 Å². The molecule has 3 atom stereocenters. The van der Waals surface area contributed by atoms with Crippen molar-refractivity contribution < 1.29 is 0 Å². The summed E-state index contributed by atoms with van der Waals surface area (Å²) in [4.78, 5) is 0. The number of nitrogens with two attached hydrogens (primary N) is 1. The van der Waals surface area contributed by atoms with Gasteiger partial charge in [-0.25, -0.2) is 0 Å². The molecule has 1 saturated carbocycles. The highest BCUT2D eigenvalue weighted by atomic mass is 32.2. The summed E-state index contributed by atoms with van der Waals surface area (Å²) in [7, 11) is 0. The molecule has 0 aliphatic heterocycles.